The van der Waals surface area contributed by atoms with Crippen LogP contribution in [0.15, 0.2) is 47.5 Å². The zero-order valence-corrected chi connectivity index (χ0v) is 21.4. The molecule has 0 radical (unpaired) electrons. The fraction of sp³-hybridized carbons (Fsp3) is 0.286. The van der Waals surface area contributed by atoms with E-state index in [0.29, 0.717) is 16.9 Å². The predicted octanol–water partition coefficient (Wildman–Crippen LogP) is 4.79. The van der Waals surface area contributed by atoms with Gasteiger partial charge in [0.05, 0.1) is 0 Å². The molecule has 3 heterocycles. The van der Waals surface area contributed by atoms with Crippen molar-refractivity contribution < 1.29 is 9.59 Å². The van der Waals surface area contributed by atoms with Crippen LogP contribution in [0.5, 0.6) is 0 Å². The van der Waals surface area contributed by atoms with Gasteiger partial charge < -0.3 is 20.2 Å². The van der Waals surface area contributed by atoms with Gasteiger partial charge in [0, 0.05) is 65.2 Å². The summed E-state index contributed by atoms with van der Waals surface area (Å²) in [6.07, 6.45) is 3.74. The Morgan fingerprint density at radius 3 is 2.42 bits per heavy atom. The molecule has 0 spiro atoms. The summed E-state index contributed by atoms with van der Waals surface area (Å²) in [4.78, 5) is 44.4. The second-order valence-electron chi connectivity index (χ2n) is 9.47. The average Bonchev–Trinajstić information content (AvgIpc) is 3.14. The van der Waals surface area contributed by atoms with Gasteiger partial charge in [0.25, 0.3) is 11.5 Å². The smallest absolute Gasteiger partial charge is 0.253 e. The number of carbonyl (C=O) groups excluding carboxylic acids is 2. The van der Waals surface area contributed by atoms with Crippen molar-refractivity contribution in [2.45, 2.75) is 54.1 Å². The van der Waals surface area contributed by atoms with Gasteiger partial charge in [-0.15, -0.1) is 0 Å². The molecule has 0 bridgehead atoms. The zero-order chi connectivity index (χ0) is 26.1. The molecule has 0 aliphatic rings. The topological polar surface area (TPSA) is 109 Å². The molecule has 1 aromatic carbocycles. The molecule has 0 saturated carbocycles. The SMILES string of the molecule is CC(=O)Nc1ccc(-c2cc(C(=O)NCc3c(C)cc(C)[nH]c3=O)c3c(C)cn(C(C)C)c3c2)cn1. The first-order valence-electron chi connectivity index (χ1n) is 11.9. The Kier molecular flexibility index (Phi) is 6.79. The van der Waals surface area contributed by atoms with Crippen LogP contribution >= 0.6 is 0 Å². The Balaban J connectivity index is 1.78. The minimum absolute atomic E-state index is 0.128. The standard InChI is InChI=1S/C28H31N5O3/c1-15(2)33-14-17(4)26-22(27(35)30-13-23-16(3)9-18(5)31-28(23)36)10-21(11-24(26)33)20-7-8-25(29-12-20)32-19(6)34/h7-12,14-15H,13H2,1-6H3,(H,30,35)(H,31,36)(H,29,32,34). The number of carbonyl (C=O) groups is 2. The number of nitrogens with zero attached hydrogens (tertiary/aromatic N) is 2. The number of amides is 2. The highest BCUT2D eigenvalue weighted by Crippen LogP contribution is 2.33. The highest BCUT2D eigenvalue weighted by Gasteiger charge is 2.19. The molecular weight excluding hydrogens is 454 g/mol. The van der Waals surface area contributed by atoms with Gasteiger partial charge in [-0.1, -0.05) is 0 Å². The molecule has 0 fully saturated rings. The number of aryl methyl sites for hydroxylation is 3. The fourth-order valence-electron chi connectivity index (χ4n) is 4.54. The number of H-pyrrole nitrogens is 1. The van der Waals surface area contributed by atoms with E-state index in [1.165, 1.54) is 6.92 Å². The number of nitrogens with one attached hydrogen (secondary N) is 3. The van der Waals surface area contributed by atoms with Crippen LogP contribution in [-0.2, 0) is 11.3 Å². The van der Waals surface area contributed by atoms with Crippen molar-refractivity contribution in [3.8, 4) is 11.1 Å². The molecule has 186 valence electrons. The normalized spacial score (nSPS) is 11.2. The lowest BCUT2D eigenvalue weighted by molar-refractivity contribution is -0.114. The van der Waals surface area contributed by atoms with E-state index < -0.39 is 0 Å². The van der Waals surface area contributed by atoms with Crippen LogP contribution < -0.4 is 16.2 Å². The minimum atomic E-state index is -0.256. The Bertz CT molecular complexity index is 1530. The third-order valence-electron chi connectivity index (χ3n) is 6.24. The largest absolute Gasteiger partial charge is 0.348 e. The Hall–Kier alpha value is -4.20. The van der Waals surface area contributed by atoms with Crippen LogP contribution in [0.25, 0.3) is 22.0 Å². The zero-order valence-electron chi connectivity index (χ0n) is 21.4. The second kappa shape index (κ2) is 9.81. The summed E-state index contributed by atoms with van der Waals surface area (Å²) in [5.41, 5.74) is 6.09. The van der Waals surface area contributed by atoms with E-state index in [4.69, 9.17) is 0 Å². The van der Waals surface area contributed by atoms with Crippen molar-refractivity contribution in [3.05, 3.63) is 81.0 Å². The molecule has 8 heteroatoms. The number of aromatic amines is 1. The quantitative estimate of drug-likeness (QED) is 0.365. The minimum Gasteiger partial charge on any atom is -0.348 e. The summed E-state index contributed by atoms with van der Waals surface area (Å²) in [5, 5.41) is 6.50. The maximum Gasteiger partial charge on any atom is 0.253 e. The number of hydrogen-bond donors (Lipinski definition) is 3. The average molecular weight is 486 g/mol. The van der Waals surface area contributed by atoms with Crippen LogP contribution in [0.1, 0.15) is 59.6 Å². The summed E-state index contributed by atoms with van der Waals surface area (Å²) in [5.74, 6) is 0.0163. The van der Waals surface area contributed by atoms with E-state index in [9.17, 15) is 14.4 Å². The predicted molar refractivity (Wildman–Crippen MR) is 142 cm³/mol. The van der Waals surface area contributed by atoms with E-state index in [1.807, 2.05) is 39.0 Å². The van der Waals surface area contributed by atoms with Gasteiger partial charge >= 0.3 is 0 Å². The molecule has 0 saturated heterocycles. The van der Waals surface area contributed by atoms with Crippen molar-refractivity contribution in [2.75, 3.05) is 5.32 Å². The van der Waals surface area contributed by atoms with Gasteiger partial charge in [-0.25, -0.2) is 4.98 Å². The van der Waals surface area contributed by atoms with Gasteiger partial charge in [0.15, 0.2) is 0 Å². The first-order valence-corrected chi connectivity index (χ1v) is 11.9. The molecule has 3 N–H and O–H groups in total. The second-order valence-corrected chi connectivity index (χ2v) is 9.47. The molecule has 3 aromatic heterocycles. The molecular formula is C28H31N5O3. The molecule has 0 unspecified atom stereocenters. The summed E-state index contributed by atoms with van der Waals surface area (Å²) >= 11 is 0. The molecule has 2 amide bonds. The summed E-state index contributed by atoms with van der Waals surface area (Å²) in [7, 11) is 0. The van der Waals surface area contributed by atoms with Crippen molar-refractivity contribution in [2.24, 2.45) is 0 Å². The maximum atomic E-state index is 13.5. The lowest BCUT2D eigenvalue weighted by atomic mass is 9.98. The summed E-state index contributed by atoms with van der Waals surface area (Å²) in [6, 6.07) is 9.61. The monoisotopic (exact) mass is 485 g/mol. The number of fused-ring (bicyclic) bond motifs is 1. The third-order valence-corrected chi connectivity index (χ3v) is 6.24. The highest BCUT2D eigenvalue weighted by molar-refractivity contribution is 6.09. The fourth-order valence-corrected chi connectivity index (χ4v) is 4.54. The molecule has 8 nitrogen and oxygen atoms in total. The molecule has 0 aliphatic heterocycles. The third kappa shape index (κ3) is 4.93. The van der Waals surface area contributed by atoms with E-state index in [1.54, 1.807) is 12.3 Å². The van der Waals surface area contributed by atoms with E-state index in [2.05, 4.69) is 51.3 Å². The van der Waals surface area contributed by atoms with Crippen molar-refractivity contribution in [3.63, 3.8) is 0 Å². The molecule has 36 heavy (non-hydrogen) atoms. The van der Waals surface area contributed by atoms with Crippen molar-refractivity contribution >= 4 is 28.5 Å². The number of anilines is 1. The van der Waals surface area contributed by atoms with Crippen LogP contribution in [0.4, 0.5) is 5.82 Å². The van der Waals surface area contributed by atoms with Crippen LogP contribution in [0, 0.1) is 20.8 Å². The van der Waals surface area contributed by atoms with Gasteiger partial charge in [0.1, 0.15) is 5.82 Å². The number of rotatable bonds is 6. The van der Waals surface area contributed by atoms with E-state index >= 15 is 0 Å². The van der Waals surface area contributed by atoms with Gasteiger partial charge in [-0.2, -0.15) is 0 Å². The van der Waals surface area contributed by atoms with E-state index in [-0.39, 0.29) is 30.0 Å². The highest BCUT2D eigenvalue weighted by atomic mass is 16.2. The Morgan fingerprint density at radius 2 is 1.81 bits per heavy atom. The molecule has 0 aliphatic carbocycles. The number of hydrogen-bond acceptors (Lipinski definition) is 4. The first-order chi connectivity index (χ1) is 17.0. The number of aromatic nitrogens is 3. The van der Waals surface area contributed by atoms with Gasteiger partial charge in [-0.3, -0.25) is 14.4 Å². The van der Waals surface area contributed by atoms with Crippen LogP contribution in [0.2, 0.25) is 0 Å². The number of pyridine rings is 2. The lowest BCUT2D eigenvalue weighted by Crippen LogP contribution is -2.28. The summed E-state index contributed by atoms with van der Waals surface area (Å²) < 4.78 is 2.15. The molecule has 4 rings (SSSR count). The molecule has 0 atom stereocenters. The van der Waals surface area contributed by atoms with Crippen molar-refractivity contribution in [1.82, 2.24) is 19.9 Å². The van der Waals surface area contributed by atoms with Crippen LogP contribution in [0.3, 0.4) is 0 Å². The number of benzene rings is 1. The summed E-state index contributed by atoms with van der Waals surface area (Å²) in [6.45, 7) is 11.5. The van der Waals surface area contributed by atoms with Crippen molar-refractivity contribution in [1.29, 1.82) is 0 Å². The Morgan fingerprint density at radius 1 is 1.06 bits per heavy atom. The van der Waals surface area contributed by atoms with Gasteiger partial charge in [-0.05, 0) is 81.6 Å². The first kappa shape index (κ1) is 24.9. The van der Waals surface area contributed by atoms with E-state index in [0.717, 1.165) is 38.9 Å². The lowest BCUT2D eigenvalue weighted by Gasteiger charge is -2.14. The van der Waals surface area contributed by atoms with Crippen LogP contribution in [-0.4, -0.2) is 26.3 Å². The molecule has 4 aromatic rings. The maximum absolute atomic E-state index is 13.5. The Labute approximate surface area is 209 Å². The van der Waals surface area contributed by atoms with Gasteiger partial charge in [0.2, 0.25) is 5.91 Å².